The number of hydrogen-bond donors (Lipinski definition) is 1. The minimum Gasteiger partial charge on any atom is -0.484 e. The molecule has 0 spiro atoms. The van der Waals surface area contributed by atoms with Gasteiger partial charge in [-0.15, -0.1) is 0 Å². The number of carbonyl (C=O) groups is 1. The summed E-state index contributed by atoms with van der Waals surface area (Å²) in [4.78, 5) is 21.2. The number of aromatic nitrogens is 2. The zero-order valence-electron chi connectivity index (χ0n) is 16.8. The number of halogens is 2. The zero-order valence-corrected chi connectivity index (χ0v) is 16.8. The Balaban J connectivity index is 1.35. The highest BCUT2D eigenvalue weighted by molar-refractivity contribution is 5.95. The number of aryl methyl sites for hydroxylation is 1. The van der Waals surface area contributed by atoms with Crippen molar-refractivity contribution in [1.82, 2.24) is 15.3 Å². The molecule has 1 fully saturated rings. The van der Waals surface area contributed by atoms with Crippen molar-refractivity contribution in [2.24, 2.45) is 0 Å². The first-order valence-corrected chi connectivity index (χ1v) is 10.4. The molecule has 1 saturated carbocycles. The van der Waals surface area contributed by atoms with Crippen molar-refractivity contribution in [3.8, 4) is 5.75 Å². The van der Waals surface area contributed by atoms with Crippen LogP contribution >= 0.6 is 0 Å². The van der Waals surface area contributed by atoms with Gasteiger partial charge in [-0.2, -0.15) is 4.39 Å². The predicted molar refractivity (Wildman–Crippen MR) is 110 cm³/mol. The Morgan fingerprint density at radius 1 is 1.06 bits per heavy atom. The molecule has 1 N–H and O–H groups in total. The van der Waals surface area contributed by atoms with Gasteiger partial charge >= 0.3 is 0 Å². The Labute approximate surface area is 178 Å². The molecule has 5 rings (SSSR count). The van der Waals surface area contributed by atoms with Crippen LogP contribution in [0.5, 0.6) is 5.75 Å². The van der Waals surface area contributed by atoms with Crippen LogP contribution < -0.4 is 10.1 Å². The summed E-state index contributed by atoms with van der Waals surface area (Å²) in [6.07, 6.45) is 5.46. The number of benzene rings is 1. The maximum absolute atomic E-state index is 13.1. The first-order valence-electron chi connectivity index (χ1n) is 10.4. The van der Waals surface area contributed by atoms with Crippen molar-refractivity contribution in [3.63, 3.8) is 0 Å². The van der Waals surface area contributed by atoms with E-state index >= 15 is 0 Å². The number of amides is 1. The second-order valence-corrected chi connectivity index (χ2v) is 8.09. The lowest BCUT2D eigenvalue weighted by molar-refractivity contribution is 0.0929. The third kappa shape index (κ3) is 4.00. The SMILES string of the molecule is O=C(NC1(c2ccc3c(n2)CCCC3Oc2ccc(F)nc2)CC1)c1ccc(F)cc1. The molecule has 2 heterocycles. The standard InChI is InChI=1S/C24H21F2N3O2/c25-16-6-4-15(5-7-16)23(30)29-24(12-13-24)21-10-9-18-19(28-21)2-1-3-20(18)31-17-8-11-22(26)27-14-17/h4-11,14,20H,1-3,12-13H2,(H,29,30). The number of nitrogens with zero attached hydrogens (tertiary/aromatic N) is 2. The molecule has 2 aliphatic carbocycles. The van der Waals surface area contributed by atoms with E-state index in [2.05, 4.69) is 10.3 Å². The fourth-order valence-corrected chi connectivity index (χ4v) is 4.06. The minimum absolute atomic E-state index is 0.165. The molecule has 31 heavy (non-hydrogen) atoms. The summed E-state index contributed by atoms with van der Waals surface area (Å²) in [5.74, 6) is -0.627. The predicted octanol–water partition coefficient (Wildman–Crippen LogP) is 4.63. The van der Waals surface area contributed by atoms with E-state index in [0.717, 1.165) is 49.1 Å². The molecule has 158 valence electrons. The molecule has 3 aromatic rings. The Bertz CT molecular complexity index is 1110. The molecule has 1 atom stereocenters. The van der Waals surface area contributed by atoms with Crippen LogP contribution in [0.2, 0.25) is 0 Å². The largest absolute Gasteiger partial charge is 0.484 e. The van der Waals surface area contributed by atoms with Crippen LogP contribution in [0.4, 0.5) is 8.78 Å². The van der Waals surface area contributed by atoms with E-state index in [0.29, 0.717) is 11.3 Å². The number of rotatable bonds is 5. The van der Waals surface area contributed by atoms with E-state index in [1.807, 2.05) is 12.1 Å². The van der Waals surface area contributed by atoms with Crippen molar-refractivity contribution < 1.29 is 18.3 Å². The third-order valence-electron chi connectivity index (χ3n) is 5.91. The van der Waals surface area contributed by atoms with E-state index in [1.54, 1.807) is 6.07 Å². The molecule has 1 unspecified atom stereocenters. The molecule has 0 saturated heterocycles. The minimum atomic E-state index is -0.542. The number of ether oxygens (including phenoxy) is 1. The van der Waals surface area contributed by atoms with Gasteiger partial charge in [-0.25, -0.2) is 9.37 Å². The molecule has 1 aromatic carbocycles. The first kappa shape index (κ1) is 19.6. The van der Waals surface area contributed by atoms with E-state index in [-0.39, 0.29) is 17.8 Å². The highest BCUT2D eigenvalue weighted by Gasteiger charge is 2.47. The molecule has 5 nitrogen and oxygen atoms in total. The van der Waals surface area contributed by atoms with Gasteiger partial charge in [0.25, 0.3) is 5.91 Å². The van der Waals surface area contributed by atoms with Crippen LogP contribution in [0.15, 0.2) is 54.7 Å². The number of hydrogen-bond acceptors (Lipinski definition) is 4. The van der Waals surface area contributed by atoms with Gasteiger partial charge in [0.1, 0.15) is 17.7 Å². The summed E-state index contributed by atoms with van der Waals surface area (Å²) in [6.45, 7) is 0. The van der Waals surface area contributed by atoms with Crippen LogP contribution in [-0.2, 0) is 12.0 Å². The average molecular weight is 421 g/mol. The molecule has 0 radical (unpaired) electrons. The van der Waals surface area contributed by atoms with Crippen molar-refractivity contribution in [1.29, 1.82) is 0 Å². The van der Waals surface area contributed by atoms with E-state index in [9.17, 15) is 13.6 Å². The summed E-state index contributed by atoms with van der Waals surface area (Å²) in [6, 6.07) is 12.3. The summed E-state index contributed by atoms with van der Waals surface area (Å²) in [7, 11) is 0. The van der Waals surface area contributed by atoms with Gasteiger partial charge < -0.3 is 10.1 Å². The van der Waals surface area contributed by atoms with Crippen LogP contribution in [0.1, 0.15) is 59.1 Å². The van der Waals surface area contributed by atoms with Gasteiger partial charge in [-0.1, -0.05) is 6.07 Å². The average Bonchev–Trinajstić information content (AvgIpc) is 3.56. The van der Waals surface area contributed by atoms with Gasteiger partial charge in [0, 0.05) is 16.8 Å². The van der Waals surface area contributed by atoms with Gasteiger partial charge in [-0.3, -0.25) is 9.78 Å². The Kier molecular flexibility index (Phi) is 4.88. The highest BCUT2D eigenvalue weighted by Crippen LogP contribution is 2.46. The molecule has 0 bridgehead atoms. The lowest BCUT2D eigenvalue weighted by Gasteiger charge is -2.27. The van der Waals surface area contributed by atoms with Gasteiger partial charge in [-0.05, 0) is 74.6 Å². The maximum Gasteiger partial charge on any atom is 0.252 e. The Morgan fingerprint density at radius 3 is 2.58 bits per heavy atom. The quantitative estimate of drug-likeness (QED) is 0.610. The normalized spacial score (nSPS) is 18.7. The topological polar surface area (TPSA) is 64.1 Å². The van der Waals surface area contributed by atoms with Crippen molar-refractivity contribution in [3.05, 3.63) is 89.0 Å². The summed E-state index contributed by atoms with van der Waals surface area (Å²) >= 11 is 0. The lowest BCUT2D eigenvalue weighted by Crippen LogP contribution is -2.36. The van der Waals surface area contributed by atoms with Crippen molar-refractivity contribution in [2.75, 3.05) is 0 Å². The highest BCUT2D eigenvalue weighted by atomic mass is 19.1. The molecule has 1 amide bonds. The summed E-state index contributed by atoms with van der Waals surface area (Å²) in [5, 5.41) is 3.08. The van der Waals surface area contributed by atoms with E-state index in [4.69, 9.17) is 9.72 Å². The summed E-state index contributed by atoms with van der Waals surface area (Å²) < 4.78 is 32.2. The molecule has 7 heteroatoms. The second kappa shape index (κ2) is 7.72. The number of fused-ring (bicyclic) bond motifs is 1. The van der Waals surface area contributed by atoms with Crippen LogP contribution in [0.3, 0.4) is 0 Å². The van der Waals surface area contributed by atoms with Crippen molar-refractivity contribution in [2.45, 2.75) is 43.7 Å². The molecule has 2 aliphatic rings. The number of carbonyl (C=O) groups excluding carboxylic acids is 1. The fourth-order valence-electron chi connectivity index (χ4n) is 4.06. The van der Waals surface area contributed by atoms with E-state index < -0.39 is 11.5 Å². The smallest absolute Gasteiger partial charge is 0.252 e. The fraction of sp³-hybridized carbons (Fsp3) is 0.292. The van der Waals surface area contributed by atoms with Gasteiger partial charge in [0.15, 0.2) is 0 Å². The van der Waals surface area contributed by atoms with Gasteiger partial charge in [0.2, 0.25) is 5.95 Å². The molecular formula is C24H21F2N3O2. The zero-order chi connectivity index (χ0) is 21.4. The monoisotopic (exact) mass is 421 g/mol. The van der Waals surface area contributed by atoms with Crippen LogP contribution in [0, 0.1) is 11.8 Å². The Hall–Kier alpha value is -3.35. The van der Waals surface area contributed by atoms with E-state index in [1.165, 1.54) is 36.5 Å². The van der Waals surface area contributed by atoms with Gasteiger partial charge in [0.05, 0.1) is 17.4 Å². The Morgan fingerprint density at radius 2 is 1.87 bits per heavy atom. The number of nitrogens with one attached hydrogen (secondary N) is 1. The first-order chi connectivity index (χ1) is 15.0. The van der Waals surface area contributed by atoms with Crippen LogP contribution in [-0.4, -0.2) is 15.9 Å². The molecule has 0 aliphatic heterocycles. The second-order valence-electron chi connectivity index (χ2n) is 8.09. The molecular weight excluding hydrogens is 400 g/mol. The third-order valence-corrected chi connectivity index (χ3v) is 5.91. The summed E-state index contributed by atoms with van der Waals surface area (Å²) in [5.41, 5.74) is 2.76. The maximum atomic E-state index is 13.1. The van der Waals surface area contributed by atoms with Crippen LogP contribution in [0.25, 0.3) is 0 Å². The van der Waals surface area contributed by atoms with Crippen molar-refractivity contribution >= 4 is 5.91 Å². The molecule has 2 aromatic heterocycles. The lowest BCUT2D eigenvalue weighted by atomic mass is 9.92. The number of pyridine rings is 2.